The molecule has 40 heavy (non-hydrogen) atoms. The van der Waals surface area contributed by atoms with E-state index < -0.39 is 5.97 Å². The van der Waals surface area contributed by atoms with Gasteiger partial charge in [-0.1, -0.05) is 64.1 Å². The molecule has 5 nitrogen and oxygen atoms in total. The molecule has 0 aromatic heterocycles. The summed E-state index contributed by atoms with van der Waals surface area (Å²) < 4.78 is 11.3. The monoisotopic (exact) mass is 542 g/mol. The quantitative estimate of drug-likeness (QED) is 0.194. The van der Waals surface area contributed by atoms with E-state index in [1.807, 2.05) is 31.2 Å². The molecular formula is C35H42O5. The summed E-state index contributed by atoms with van der Waals surface area (Å²) in [7, 11) is 0. The molecule has 4 rings (SSSR count). The minimum Gasteiger partial charge on any atom is -0.493 e. The Morgan fingerprint density at radius 2 is 1.43 bits per heavy atom. The van der Waals surface area contributed by atoms with Gasteiger partial charge in [-0.05, 0) is 102 Å². The predicted molar refractivity (Wildman–Crippen MR) is 160 cm³/mol. The highest BCUT2D eigenvalue weighted by molar-refractivity contribution is 5.88. The number of esters is 1. The summed E-state index contributed by atoms with van der Waals surface area (Å²) in [5.74, 6) is -0.252. The van der Waals surface area contributed by atoms with Crippen LogP contribution >= 0.6 is 0 Å². The third-order valence-electron chi connectivity index (χ3n) is 8.20. The number of ether oxygens (including phenoxy) is 2. The molecule has 0 saturated carbocycles. The van der Waals surface area contributed by atoms with Crippen molar-refractivity contribution >= 4 is 11.9 Å². The third kappa shape index (κ3) is 6.75. The van der Waals surface area contributed by atoms with E-state index in [0.29, 0.717) is 19.6 Å². The summed E-state index contributed by atoms with van der Waals surface area (Å²) in [6.45, 7) is 12.1. The zero-order valence-corrected chi connectivity index (χ0v) is 24.5. The van der Waals surface area contributed by atoms with Crippen LogP contribution in [0.2, 0.25) is 0 Å². The normalized spacial score (nSPS) is 15.2. The Balaban J connectivity index is 1.63. The highest BCUT2D eigenvalue weighted by atomic mass is 16.5. The van der Waals surface area contributed by atoms with Crippen LogP contribution in [0.15, 0.2) is 60.7 Å². The van der Waals surface area contributed by atoms with Gasteiger partial charge in [0.15, 0.2) is 0 Å². The molecule has 3 aromatic rings. The first-order valence-corrected chi connectivity index (χ1v) is 14.4. The Hall–Kier alpha value is -3.60. The number of carboxylic acid groups (broad SMARTS) is 1. The first kappa shape index (κ1) is 29.4. The molecular weight excluding hydrogens is 500 g/mol. The fourth-order valence-electron chi connectivity index (χ4n) is 5.59. The van der Waals surface area contributed by atoms with Crippen LogP contribution in [-0.2, 0) is 20.4 Å². The van der Waals surface area contributed by atoms with E-state index in [1.165, 1.54) is 17.5 Å². The van der Waals surface area contributed by atoms with E-state index in [-0.39, 0.29) is 22.4 Å². The van der Waals surface area contributed by atoms with Crippen molar-refractivity contribution in [2.45, 2.75) is 84.0 Å². The van der Waals surface area contributed by atoms with E-state index in [0.717, 1.165) is 53.7 Å². The van der Waals surface area contributed by atoms with Gasteiger partial charge < -0.3 is 14.6 Å². The maximum Gasteiger partial charge on any atom is 0.335 e. The van der Waals surface area contributed by atoms with Gasteiger partial charge in [-0.25, -0.2) is 4.79 Å². The average molecular weight is 543 g/mol. The first-order valence-electron chi connectivity index (χ1n) is 14.4. The molecule has 1 aliphatic rings. The first-order chi connectivity index (χ1) is 19.0. The van der Waals surface area contributed by atoms with Crippen molar-refractivity contribution in [2.75, 3.05) is 13.2 Å². The molecule has 0 unspecified atom stereocenters. The number of carboxylic acids is 1. The highest BCUT2D eigenvalue weighted by Crippen LogP contribution is 2.47. The van der Waals surface area contributed by atoms with Crippen molar-refractivity contribution in [1.29, 1.82) is 0 Å². The summed E-state index contributed by atoms with van der Waals surface area (Å²) in [6, 6.07) is 20.0. The largest absolute Gasteiger partial charge is 0.493 e. The van der Waals surface area contributed by atoms with E-state index in [2.05, 4.69) is 52.0 Å². The molecule has 0 amide bonds. The number of benzene rings is 3. The third-order valence-corrected chi connectivity index (χ3v) is 8.20. The molecule has 5 heteroatoms. The smallest absolute Gasteiger partial charge is 0.335 e. The van der Waals surface area contributed by atoms with Crippen molar-refractivity contribution in [3.8, 4) is 28.0 Å². The van der Waals surface area contributed by atoms with Gasteiger partial charge in [0.25, 0.3) is 0 Å². The van der Waals surface area contributed by atoms with Gasteiger partial charge in [0.05, 0.1) is 18.8 Å². The Morgan fingerprint density at radius 3 is 2.10 bits per heavy atom. The van der Waals surface area contributed by atoms with Crippen LogP contribution in [0.1, 0.15) is 94.6 Å². The van der Waals surface area contributed by atoms with E-state index in [1.54, 1.807) is 12.1 Å². The lowest BCUT2D eigenvalue weighted by molar-refractivity contribution is -0.143. The van der Waals surface area contributed by atoms with Gasteiger partial charge >= 0.3 is 11.9 Å². The second kappa shape index (κ2) is 12.3. The number of hydrogen-bond acceptors (Lipinski definition) is 4. The number of aromatic carboxylic acids is 1. The van der Waals surface area contributed by atoms with Crippen LogP contribution in [0.25, 0.3) is 22.3 Å². The summed E-state index contributed by atoms with van der Waals surface area (Å²) in [5.41, 5.74) is 7.40. The van der Waals surface area contributed by atoms with Crippen LogP contribution < -0.4 is 4.74 Å². The maximum absolute atomic E-state index is 11.6. The Morgan fingerprint density at radius 1 is 0.775 bits per heavy atom. The number of hydrogen-bond donors (Lipinski definition) is 1. The molecule has 212 valence electrons. The van der Waals surface area contributed by atoms with Crippen LogP contribution in [0, 0.1) is 0 Å². The summed E-state index contributed by atoms with van der Waals surface area (Å²) in [5, 5.41) is 9.30. The van der Waals surface area contributed by atoms with Crippen molar-refractivity contribution < 1.29 is 24.2 Å². The lowest BCUT2D eigenvalue weighted by atomic mass is 9.63. The number of unbranched alkanes of at least 4 members (excludes halogenated alkanes) is 2. The summed E-state index contributed by atoms with van der Waals surface area (Å²) >= 11 is 0. The summed E-state index contributed by atoms with van der Waals surface area (Å²) in [4.78, 5) is 22.9. The average Bonchev–Trinajstić information content (AvgIpc) is 2.93. The number of carbonyl (C=O) groups is 2. The van der Waals surface area contributed by atoms with Gasteiger partial charge in [0, 0.05) is 12.0 Å². The molecule has 1 N–H and O–H groups in total. The van der Waals surface area contributed by atoms with Crippen LogP contribution in [0.4, 0.5) is 0 Å². The zero-order valence-electron chi connectivity index (χ0n) is 24.5. The van der Waals surface area contributed by atoms with Gasteiger partial charge in [-0.15, -0.1) is 0 Å². The van der Waals surface area contributed by atoms with E-state index in [4.69, 9.17) is 9.47 Å². The molecule has 0 fully saturated rings. The predicted octanol–water partition coefficient (Wildman–Crippen LogP) is 8.57. The standard InChI is InChI=1S/C35H42O5/c1-6-39-32(36)10-8-7-9-21-40-31-18-16-26(24-11-13-25(14-12-24)33(37)38)22-28(31)27-15-17-29-30(23-27)35(4,5)20-19-34(29,2)3/h11-18,22-23H,6-10,19-21H2,1-5H3,(H,37,38). The molecule has 0 radical (unpaired) electrons. The molecule has 0 heterocycles. The number of rotatable bonds is 11. The van der Waals surface area contributed by atoms with Crippen molar-refractivity contribution in [3.05, 3.63) is 77.4 Å². The van der Waals surface area contributed by atoms with Gasteiger partial charge in [-0.3, -0.25) is 4.79 Å². The molecule has 0 saturated heterocycles. The Labute approximate surface area is 238 Å². The Bertz CT molecular complexity index is 1350. The Kier molecular flexibility index (Phi) is 9.02. The van der Waals surface area contributed by atoms with Crippen molar-refractivity contribution in [2.24, 2.45) is 0 Å². The molecule has 0 bridgehead atoms. The van der Waals surface area contributed by atoms with Crippen LogP contribution in [0.5, 0.6) is 5.75 Å². The highest BCUT2D eigenvalue weighted by Gasteiger charge is 2.37. The van der Waals surface area contributed by atoms with E-state index >= 15 is 0 Å². The SMILES string of the molecule is CCOC(=O)CCCCCOc1ccc(-c2ccc(C(=O)O)cc2)cc1-c1ccc2c(c1)C(C)(C)CCC2(C)C. The van der Waals surface area contributed by atoms with Gasteiger partial charge in [-0.2, -0.15) is 0 Å². The fraction of sp³-hybridized carbons (Fsp3) is 0.429. The molecule has 0 aliphatic heterocycles. The van der Waals surface area contributed by atoms with Crippen molar-refractivity contribution in [3.63, 3.8) is 0 Å². The molecule has 3 aromatic carbocycles. The second-order valence-electron chi connectivity index (χ2n) is 12.1. The number of carbonyl (C=O) groups excluding carboxylic acids is 1. The van der Waals surface area contributed by atoms with E-state index in [9.17, 15) is 14.7 Å². The minimum atomic E-state index is -0.933. The molecule has 0 atom stereocenters. The topological polar surface area (TPSA) is 72.8 Å². The number of fused-ring (bicyclic) bond motifs is 1. The second-order valence-corrected chi connectivity index (χ2v) is 12.1. The minimum absolute atomic E-state index is 0.0884. The lowest BCUT2D eigenvalue weighted by Crippen LogP contribution is -2.33. The van der Waals surface area contributed by atoms with Crippen LogP contribution in [-0.4, -0.2) is 30.3 Å². The molecule has 0 spiro atoms. The van der Waals surface area contributed by atoms with Gasteiger partial charge in [0.1, 0.15) is 5.75 Å². The fourth-order valence-corrected chi connectivity index (χ4v) is 5.59. The van der Waals surface area contributed by atoms with Gasteiger partial charge in [0.2, 0.25) is 0 Å². The lowest BCUT2D eigenvalue weighted by Gasteiger charge is -2.42. The molecule has 1 aliphatic carbocycles. The maximum atomic E-state index is 11.6. The van der Waals surface area contributed by atoms with Crippen molar-refractivity contribution in [1.82, 2.24) is 0 Å². The summed E-state index contributed by atoms with van der Waals surface area (Å²) in [6.07, 6.45) is 5.28. The zero-order chi connectivity index (χ0) is 28.9. The van der Waals surface area contributed by atoms with Crippen LogP contribution in [0.3, 0.4) is 0 Å².